The minimum absolute atomic E-state index is 0.399. The molecule has 0 saturated carbocycles. The second-order valence-corrected chi connectivity index (χ2v) is 4.16. The van der Waals surface area contributed by atoms with Crippen LogP contribution >= 0.6 is 22.6 Å². The number of hydrogen-bond acceptors (Lipinski definition) is 1. The lowest BCUT2D eigenvalue weighted by Crippen LogP contribution is -1.83. The van der Waals surface area contributed by atoms with Crippen molar-refractivity contribution in [3.8, 4) is 5.75 Å². The fraction of sp³-hybridized carbons (Fsp3) is 0.0909. The van der Waals surface area contributed by atoms with Gasteiger partial charge in [-0.2, -0.15) is 0 Å². The molecule has 13 heavy (non-hydrogen) atoms. The first-order valence-electron chi connectivity index (χ1n) is 4.07. The molecule has 2 rings (SSSR count). The Morgan fingerprint density at radius 2 is 1.92 bits per heavy atom. The molecule has 0 aliphatic heterocycles. The molecular weight excluding hydrogens is 275 g/mol. The van der Waals surface area contributed by atoms with Gasteiger partial charge in [0.1, 0.15) is 5.75 Å². The minimum Gasteiger partial charge on any atom is -0.506 e. The molecule has 0 aromatic heterocycles. The number of fused-ring (bicyclic) bond motifs is 1. The van der Waals surface area contributed by atoms with Gasteiger partial charge < -0.3 is 5.11 Å². The van der Waals surface area contributed by atoms with Crippen LogP contribution in [0.1, 0.15) is 5.56 Å². The molecule has 0 atom stereocenters. The van der Waals surface area contributed by atoms with E-state index >= 15 is 0 Å². The molecule has 0 saturated heterocycles. The number of halogens is 1. The molecule has 2 aromatic carbocycles. The normalized spacial score (nSPS) is 10.6. The van der Waals surface area contributed by atoms with Crippen molar-refractivity contribution in [1.29, 1.82) is 0 Å². The number of rotatable bonds is 0. The maximum Gasteiger partial charge on any atom is 0.136 e. The summed E-state index contributed by atoms with van der Waals surface area (Å²) in [6.07, 6.45) is 0. The van der Waals surface area contributed by atoms with Gasteiger partial charge in [0.25, 0.3) is 0 Å². The molecule has 0 amide bonds. The second kappa shape index (κ2) is 3.18. The molecule has 2 aromatic rings. The van der Waals surface area contributed by atoms with Crippen LogP contribution < -0.4 is 0 Å². The molecular formula is C11H9IO. The fourth-order valence-corrected chi connectivity index (χ4v) is 1.89. The van der Waals surface area contributed by atoms with Gasteiger partial charge in [-0.15, -0.1) is 0 Å². The summed E-state index contributed by atoms with van der Waals surface area (Å²) < 4.78 is 0.941. The average Bonchev–Trinajstić information content (AvgIpc) is 2.15. The SMILES string of the molecule is Cc1cc2ccccc2c(O)c1I. The molecule has 0 unspecified atom stereocenters. The zero-order valence-corrected chi connectivity index (χ0v) is 9.37. The largest absolute Gasteiger partial charge is 0.506 e. The van der Waals surface area contributed by atoms with Crippen molar-refractivity contribution in [3.05, 3.63) is 39.5 Å². The lowest BCUT2D eigenvalue weighted by Gasteiger charge is -2.05. The van der Waals surface area contributed by atoms with E-state index in [1.54, 1.807) is 0 Å². The molecule has 0 bridgehead atoms. The third-order valence-electron chi connectivity index (χ3n) is 2.14. The Balaban J connectivity index is 2.94. The van der Waals surface area contributed by atoms with Crippen LogP contribution in [0.4, 0.5) is 0 Å². The van der Waals surface area contributed by atoms with E-state index < -0.39 is 0 Å². The summed E-state index contributed by atoms with van der Waals surface area (Å²) >= 11 is 2.17. The van der Waals surface area contributed by atoms with E-state index in [2.05, 4.69) is 28.7 Å². The Kier molecular flexibility index (Phi) is 2.15. The summed E-state index contributed by atoms with van der Waals surface area (Å²) in [6, 6.07) is 9.96. The summed E-state index contributed by atoms with van der Waals surface area (Å²) in [5.41, 5.74) is 1.12. The highest BCUT2D eigenvalue weighted by Crippen LogP contribution is 2.32. The van der Waals surface area contributed by atoms with Crippen LogP contribution in [0.5, 0.6) is 5.75 Å². The van der Waals surface area contributed by atoms with Gasteiger partial charge in [0.2, 0.25) is 0 Å². The molecule has 0 aliphatic rings. The van der Waals surface area contributed by atoms with Crippen molar-refractivity contribution in [2.75, 3.05) is 0 Å². The number of phenols is 1. The van der Waals surface area contributed by atoms with Crippen LogP contribution in [0.2, 0.25) is 0 Å². The third kappa shape index (κ3) is 1.39. The number of aryl methyl sites for hydroxylation is 1. The molecule has 0 spiro atoms. The van der Waals surface area contributed by atoms with Gasteiger partial charge in [0, 0.05) is 5.39 Å². The minimum atomic E-state index is 0.399. The van der Waals surface area contributed by atoms with E-state index in [1.807, 2.05) is 31.2 Å². The molecule has 1 nitrogen and oxygen atoms in total. The quantitative estimate of drug-likeness (QED) is 0.734. The van der Waals surface area contributed by atoms with Gasteiger partial charge >= 0.3 is 0 Å². The van der Waals surface area contributed by atoms with Gasteiger partial charge in [0.15, 0.2) is 0 Å². The van der Waals surface area contributed by atoms with E-state index in [4.69, 9.17) is 0 Å². The Labute approximate surface area is 90.5 Å². The van der Waals surface area contributed by atoms with Crippen molar-refractivity contribution in [2.24, 2.45) is 0 Å². The molecule has 66 valence electrons. The van der Waals surface area contributed by atoms with Crippen molar-refractivity contribution in [1.82, 2.24) is 0 Å². The maximum absolute atomic E-state index is 9.83. The molecule has 0 aliphatic carbocycles. The smallest absolute Gasteiger partial charge is 0.136 e. The highest BCUT2D eigenvalue weighted by Gasteiger charge is 2.06. The number of aromatic hydroxyl groups is 1. The third-order valence-corrected chi connectivity index (χ3v) is 3.50. The average molecular weight is 284 g/mol. The Hall–Kier alpha value is -0.770. The van der Waals surface area contributed by atoms with Crippen LogP contribution in [0.3, 0.4) is 0 Å². The lowest BCUT2D eigenvalue weighted by atomic mass is 10.1. The van der Waals surface area contributed by atoms with E-state index in [1.165, 1.54) is 0 Å². The number of hydrogen-bond donors (Lipinski definition) is 1. The van der Waals surface area contributed by atoms with E-state index in [-0.39, 0.29) is 0 Å². The van der Waals surface area contributed by atoms with E-state index in [0.717, 1.165) is 19.9 Å². The Morgan fingerprint density at radius 3 is 2.69 bits per heavy atom. The summed E-state index contributed by atoms with van der Waals surface area (Å²) in [5, 5.41) is 11.9. The number of phenolic OH excluding ortho intramolecular Hbond substituents is 1. The summed E-state index contributed by atoms with van der Waals surface area (Å²) in [6.45, 7) is 2.01. The van der Waals surface area contributed by atoms with Crippen molar-refractivity contribution >= 4 is 33.4 Å². The van der Waals surface area contributed by atoms with Crippen LogP contribution in [0.15, 0.2) is 30.3 Å². The lowest BCUT2D eigenvalue weighted by molar-refractivity contribution is 0.477. The van der Waals surface area contributed by atoms with Crippen molar-refractivity contribution in [3.63, 3.8) is 0 Å². The number of benzene rings is 2. The zero-order valence-electron chi connectivity index (χ0n) is 7.21. The highest BCUT2D eigenvalue weighted by molar-refractivity contribution is 14.1. The van der Waals surface area contributed by atoms with Crippen LogP contribution in [0, 0.1) is 10.5 Å². The Morgan fingerprint density at radius 1 is 1.23 bits per heavy atom. The van der Waals surface area contributed by atoms with Gasteiger partial charge in [-0.05, 0) is 40.5 Å². The van der Waals surface area contributed by atoms with Gasteiger partial charge in [-0.3, -0.25) is 0 Å². The summed E-state index contributed by atoms with van der Waals surface area (Å²) in [5.74, 6) is 0.399. The van der Waals surface area contributed by atoms with Gasteiger partial charge in [-0.25, -0.2) is 0 Å². The zero-order chi connectivity index (χ0) is 9.42. The standard InChI is InChI=1S/C11H9IO/c1-7-6-8-4-2-3-5-9(8)11(13)10(7)12/h2-6,13H,1H3. The first kappa shape index (κ1) is 8.81. The van der Waals surface area contributed by atoms with Crippen LogP contribution in [-0.2, 0) is 0 Å². The molecule has 0 radical (unpaired) electrons. The summed E-state index contributed by atoms with van der Waals surface area (Å²) in [7, 11) is 0. The molecule has 0 heterocycles. The first-order chi connectivity index (χ1) is 6.20. The topological polar surface area (TPSA) is 20.2 Å². The van der Waals surface area contributed by atoms with Gasteiger partial charge in [-0.1, -0.05) is 30.3 Å². The van der Waals surface area contributed by atoms with Crippen LogP contribution in [-0.4, -0.2) is 5.11 Å². The van der Waals surface area contributed by atoms with E-state index in [9.17, 15) is 5.11 Å². The van der Waals surface area contributed by atoms with Crippen LogP contribution in [0.25, 0.3) is 10.8 Å². The molecule has 1 N–H and O–H groups in total. The maximum atomic E-state index is 9.83. The van der Waals surface area contributed by atoms with Gasteiger partial charge in [0.05, 0.1) is 3.57 Å². The Bertz CT molecular complexity index is 463. The fourth-order valence-electron chi connectivity index (χ4n) is 1.44. The molecule has 0 fully saturated rings. The predicted octanol–water partition coefficient (Wildman–Crippen LogP) is 3.46. The van der Waals surface area contributed by atoms with E-state index in [0.29, 0.717) is 5.75 Å². The van der Waals surface area contributed by atoms with Crippen molar-refractivity contribution in [2.45, 2.75) is 6.92 Å². The second-order valence-electron chi connectivity index (χ2n) is 3.08. The monoisotopic (exact) mass is 284 g/mol. The predicted molar refractivity (Wildman–Crippen MR) is 63.1 cm³/mol. The highest BCUT2D eigenvalue weighted by atomic mass is 127. The van der Waals surface area contributed by atoms with Crippen molar-refractivity contribution < 1.29 is 5.11 Å². The summed E-state index contributed by atoms with van der Waals surface area (Å²) in [4.78, 5) is 0. The first-order valence-corrected chi connectivity index (χ1v) is 5.15. The molecule has 2 heteroatoms.